The minimum Gasteiger partial charge on any atom is -0.504 e. The van der Waals surface area contributed by atoms with Gasteiger partial charge in [-0.05, 0) is 24.1 Å². The van der Waals surface area contributed by atoms with Gasteiger partial charge in [0.05, 0.1) is 0 Å². The maximum absolute atomic E-state index is 13.3. The van der Waals surface area contributed by atoms with Crippen LogP contribution in [0.25, 0.3) is 0 Å². The SMILES string of the molecule is Cc1cc(O)c(OCc2ccccc2)cc1F. The molecule has 88 valence electrons. The molecule has 0 amide bonds. The van der Waals surface area contributed by atoms with Crippen LogP contribution in [0.1, 0.15) is 11.1 Å². The molecule has 0 spiro atoms. The molecule has 0 saturated carbocycles. The Bertz CT molecular complexity index is 509. The number of halogens is 1. The van der Waals surface area contributed by atoms with Crippen molar-refractivity contribution in [2.75, 3.05) is 0 Å². The van der Waals surface area contributed by atoms with Gasteiger partial charge < -0.3 is 9.84 Å². The van der Waals surface area contributed by atoms with Crippen LogP contribution in [-0.4, -0.2) is 5.11 Å². The van der Waals surface area contributed by atoms with Gasteiger partial charge in [0.2, 0.25) is 0 Å². The van der Waals surface area contributed by atoms with Gasteiger partial charge in [0.15, 0.2) is 11.5 Å². The molecule has 17 heavy (non-hydrogen) atoms. The molecule has 0 atom stereocenters. The van der Waals surface area contributed by atoms with E-state index in [0.717, 1.165) is 5.56 Å². The van der Waals surface area contributed by atoms with Crippen LogP contribution in [0.2, 0.25) is 0 Å². The van der Waals surface area contributed by atoms with Gasteiger partial charge in [-0.25, -0.2) is 4.39 Å². The Hall–Kier alpha value is -2.03. The second-order valence-corrected chi connectivity index (χ2v) is 3.84. The quantitative estimate of drug-likeness (QED) is 0.878. The third-order valence-corrected chi connectivity index (χ3v) is 2.48. The van der Waals surface area contributed by atoms with Gasteiger partial charge in [-0.3, -0.25) is 0 Å². The summed E-state index contributed by atoms with van der Waals surface area (Å²) in [7, 11) is 0. The summed E-state index contributed by atoms with van der Waals surface area (Å²) < 4.78 is 18.7. The smallest absolute Gasteiger partial charge is 0.164 e. The first-order chi connectivity index (χ1) is 8.16. The van der Waals surface area contributed by atoms with Gasteiger partial charge in [-0.1, -0.05) is 30.3 Å². The standard InChI is InChI=1S/C14H13FO2/c1-10-7-13(16)14(8-12(10)15)17-9-11-5-3-2-4-6-11/h2-8,16H,9H2,1H3. The molecule has 0 unspecified atom stereocenters. The number of benzene rings is 2. The van der Waals surface area contributed by atoms with Crippen molar-refractivity contribution in [1.82, 2.24) is 0 Å². The summed E-state index contributed by atoms with van der Waals surface area (Å²) in [6.45, 7) is 1.90. The first kappa shape index (κ1) is 11.5. The van der Waals surface area contributed by atoms with E-state index in [9.17, 15) is 9.50 Å². The van der Waals surface area contributed by atoms with Gasteiger partial charge in [0, 0.05) is 6.07 Å². The Morgan fingerprint density at radius 1 is 1.18 bits per heavy atom. The van der Waals surface area contributed by atoms with Crippen LogP contribution in [0.3, 0.4) is 0 Å². The minimum atomic E-state index is -0.383. The molecule has 0 aliphatic heterocycles. The molecule has 2 rings (SSSR count). The summed E-state index contributed by atoms with van der Waals surface area (Å²) in [6.07, 6.45) is 0. The molecule has 0 bridgehead atoms. The Labute approximate surface area is 99.3 Å². The van der Waals surface area contributed by atoms with Crippen LogP contribution in [0, 0.1) is 12.7 Å². The molecule has 0 saturated heterocycles. The average molecular weight is 232 g/mol. The number of ether oxygens (including phenoxy) is 1. The number of aromatic hydroxyl groups is 1. The largest absolute Gasteiger partial charge is 0.504 e. The van der Waals surface area contributed by atoms with Crippen molar-refractivity contribution in [3.63, 3.8) is 0 Å². The third-order valence-electron chi connectivity index (χ3n) is 2.48. The highest BCUT2D eigenvalue weighted by Crippen LogP contribution is 2.29. The molecular weight excluding hydrogens is 219 g/mol. The molecule has 0 aliphatic rings. The Kier molecular flexibility index (Phi) is 3.28. The van der Waals surface area contributed by atoms with E-state index in [-0.39, 0.29) is 17.3 Å². The van der Waals surface area contributed by atoms with E-state index in [0.29, 0.717) is 12.2 Å². The van der Waals surface area contributed by atoms with Gasteiger partial charge in [-0.2, -0.15) is 0 Å². The fraction of sp³-hybridized carbons (Fsp3) is 0.143. The molecule has 0 radical (unpaired) electrons. The monoisotopic (exact) mass is 232 g/mol. The van der Waals surface area contributed by atoms with Crippen molar-refractivity contribution in [2.45, 2.75) is 13.5 Å². The van der Waals surface area contributed by atoms with E-state index in [1.165, 1.54) is 12.1 Å². The lowest BCUT2D eigenvalue weighted by molar-refractivity contribution is 0.287. The molecule has 0 fully saturated rings. The molecule has 2 nitrogen and oxygen atoms in total. The molecule has 0 heterocycles. The van der Waals surface area contributed by atoms with Gasteiger partial charge in [-0.15, -0.1) is 0 Å². The predicted molar refractivity (Wildman–Crippen MR) is 63.6 cm³/mol. The molecular formula is C14H13FO2. The zero-order valence-corrected chi connectivity index (χ0v) is 9.48. The molecule has 1 N–H and O–H groups in total. The number of hydrogen-bond acceptors (Lipinski definition) is 2. The molecule has 0 aromatic heterocycles. The topological polar surface area (TPSA) is 29.5 Å². The maximum atomic E-state index is 13.3. The summed E-state index contributed by atoms with van der Waals surface area (Å²) in [6, 6.07) is 12.1. The van der Waals surface area contributed by atoms with Crippen LogP contribution in [-0.2, 0) is 6.61 Å². The summed E-state index contributed by atoms with van der Waals surface area (Å²) in [5.41, 5.74) is 1.36. The number of rotatable bonds is 3. The van der Waals surface area contributed by atoms with E-state index in [2.05, 4.69) is 0 Å². The summed E-state index contributed by atoms with van der Waals surface area (Å²) >= 11 is 0. The number of phenolic OH excluding ortho intramolecular Hbond substituents is 1. The lowest BCUT2D eigenvalue weighted by Crippen LogP contribution is -1.96. The lowest BCUT2D eigenvalue weighted by atomic mass is 10.2. The lowest BCUT2D eigenvalue weighted by Gasteiger charge is -2.09. The Morgan fingerprint density at radius 3 is 2.59 bits per heavy atom. The number of hydrogen-bond donors (Lipinski definition) is 1. The Balaban J connectivity index is 2.12. The maximum Gasteiger partial charge on any atom is 0.164 e. The predicted octanol–water partition coefficient (Wildman–Crippen LogP) is 3.42. The van der Waals surface area contributed by atoms with E-state index in [4.69, 9.17) is 4.74 Å². The molecule has 3 heteroatoms. The van der Waals surface area contributed by atoms with Crippen LogP contribution in [0.4, 0.5) is 4.39 Å². The van der Waals surface area contributed by atoms with Crippen molar-refractivity contribution in [2.24, 2.45) is 0 Å². The highest BCUT2D eigenvalue weighted by Gasteiger charge is 2.07. The fourth-order valence-corrected chi connectivity index (χ4v) is 1.50. The van der Waals surface area contributed by atoms with Crippen molar-refractivity contribution < 1.29 is 14.2 Å². The fourth-order valence-electron chi connectivity index (χ4n) is 1.50. The van der Waals surface area contributed by atoms with Gasteiger partial charge >= 0.3 is 0 Å². The summed E-state index contributed by atoms with van der Waals surface area (Å²) in [5, 5.41) is 9.60. The van der Waals surface area contributed by atoms with Crippen molar-refractivity contribution in [3.05, 3.63) is 59.4 Å². The number of aryl methyl sites for hydroxylation is 1. The minimum absolute atomic E-state index is 0.0418. The van der Waals surface area contributed by atoms with Gasteiger partial charge in [0.1, 0.15) is 12.4 Å². The van der Waals surface area contributed by atoms with Gasteiger partial charge in [0.25, 0.3) is 0 Å². The zero-order chi connectivity index (χ0) is 12.3. The second-order valence-electron chi connectivity index (χ2n) is 3.84. The van der Waals surface area contributed by atoms with Crippen molar-refractivity contribution in [1.29, 1.82) is 0 Å². The summed E-state index contributed by atoms with van der Waals surface area (Å²) in [4.78, 5) is 0. The average Bonchev–Trinajstić information content (AvgIpc) is 2.33. The van der Waals surface area contributed by atoms with Crippen molar-refractivity contribution in [3.8, 4) is 11.5 Å². The van der Waals surface area contributed by atoms with E-state index >= 15 is 0 Å². The van der Waals surface area contributed by atoms with E-state index in [1.54, 1.807) is 6.92 Å². The second kappa shape index (κ2) is 4.87. The zero-order valence-electron chi connectivity index (χ0n) is 9.48. The third kappa shape index (κ3) is 2.75. The highest BCUT2D eigenvalue weighted by atomic mass is 19.1. The molecule has 2 aromatic rings. The normalized spacial score (nSPS) is 10.2. The summed E-state index contributed by atoms with van der Waals surface area (Å²) in [5.74, 6) is -0.261. The van der Waals surface area contributed by atoms with E-state index in [1.807, 2.05) is 30.3 Å². The Morgan fingerprint density at radius 2 is 1.88 bits per heavy atom. The van der Waals surface area contributed by atoms with E-state index < -0.39 is 0 Å². The van der Waals surface area contributed by atoms with Crippen LogP contribution >= 0.6 is 0 Å². The van der Waals surface area contributed by atoms with Crippen LogP contribution in [0.5, 0.6) is 11.5 Å². The number of phenols is 1. The van der Waals surface area contributed by atoms with Crippen LogP contribution < -0.4 is 4.74 Å². The van der Waals surface area contributed by atoms with Crippen molar-refractivity contribution >= 4 is 0 Å². The highest BCUT2D eigenvalue weighted by molar-refractivity contribution is 5.42. The first-order valence-corrected chi connectivity index (χ1v) is 5.32. The first-order valence-electron chi connectivity index (χ1n) is 5.32. The van der Waals surface area contributed by atoms with Crippen LogP contribution in [0.15, 0.2) is 42.5 Å². The molecule has 0 aliphatic carbocycles. The molecule has 2 aromatic carbocycles.